The van der Waals surface area contributed by atoms with Crippen LogP contribution < -0.4 is 0 Å². The molecular weight excluding hydrogens is 925 g/mol. The molecule has 0 amide bonds. The van der Waals surface area contributed by atoms with Crippen molar-refractivity contribution in [3.8, 4) is 0 Å². The Balaban J connectivity index is 2.85. The van der Waals surface area contributed by atoms with Gasteiger partial charge in [-0.2, -0.15) is 0 Å². The maximum atomic E-state index is 13.1. The third-order valence-electron chi connectivity index (χ3n) is 10.9. The zero-order chi connectivity index (χ0) is 53.3. The van der Waals surface area contributed by atoms with Gasteiger partial charge in [0, 0.05) is 6.42 Å². The molecule has 73 heavy (non-hydrogen) atoms. The number of aliphatic carboxylic acids is 1. The van der Waals surface area contributed by atoms with Gasteiger partial charge in [0.15, 0.2) is 24.6 Å². The first-order chi connectivity index (χ1) is 35.6. The lowest BCUT2D eigenvalue weighted by Crippen LogP contribution is -2.61. The first-order valence-electron chi connectivity index (χ1n) is 26.8. The number of carboxylic acid groups (broad SMARTS) is 1. The number of allylic oxidation sites excluding steroid dienone is 22. The van der Waals surface area contributed by atoms with Gasteiger partial charge in [-0.15, -0.1) is 0 Å². The summed E-state index contributed by atoms with van der Waals surface area (Å²) in [5, 5.41) is 31.3. The summed E-state index contributed by atoms with van der Waals surface area (Å²) in [6.45, 7) is 5.51. The summed E-state index contributed by atoms with van der Waals surface area (Å²) < 4.78 is 28.0. The molecule has 0 spiro atoms. The topological polar surface area (TPSA) is 175 Å². The van der Waals surface area contributed by atoms with Crippen LogP contribution in [0.15, 0.2) is 146 Å². The molecular formula is C61H90O12. The van der Waals surface area contributed by atoms with Crippen LogP contribution in [0.2, 0.25) is 0 Å². The van der Waals surface area contributed by atoms with Crippen molar-refractivity contribution < 1.29 is 58.2 Å². The van der Waals surface area contributed by atoms with Crippen molar-refractivity contribution in [3.05, 3.63) is 146 Å². The van der Waals surface area contributed by atoms with Crippen LogP contribution >= 0.6 is 0 Å². The fourth-order valence-electron chi connectivity index (χ4n) is 6.90. The molecule has 1 aliphatic rings. The fraction of sp³-hybridized carbons (Fsp3) is 0.541. The largest absolute Gasteiger partial charge is 0.479 e. The monoisotopic (exact) mass is 1010 g/mol. The molecule has 0 radical (unpaired) electrons. The highest BCUT2D eigenvalue weighted by molar-refractivity contribution is 5.74. The number of esters is 3. The SMILES string of the molecule is CC/C=C\C/C=C\C/C=C\C/C=C\C/C=C\CC(=O)OCC(COC1OC(C(=O)O)C(O)C(O)C1OC(=O)C/C=C\C/C=C\C/C=C\C/C=C\C/C=C\CC)OC(=O)CCCCCCC/C=C\C/C=C\CCC. The molecule has 0 aromatic rings. The minimum absolute atomic E-state index is 0.0349. The van der Waals surface area contributed by atoms with Crippen molar-refractivity contribution in [2.75, 3.05) is 13.2 Å². The first kappa shape index (κ1) is 65.6. The zero-order valence-electron chi connectivity index (χ0n) is 44.3. The predicted octanol–water partition coefficient (Wildman–Crippen LogP) is 13.2. The molecule has 1 rings (SSSR count). The van der Waals surface area contributed by atoms with Gasteiger partial charge >= 0.3 is 23.9 Å². The average molecular weight is 1020 g/mol. The quantitative estimate of drug-likeness (QED) is 0.0229. The zero-order valence-corrected chi connectivity index (χ0v) is 44.3. The second kappa shape index (κ2) is 47.6. The molecule has 1 saturated heterocycles. The normalized spacial score (nSPS) is 19.5. The Labute approximate surface area is 438 Å². The van der Waals surface area contributed by atoms with E-state index in [4.69, 9.17) is 23.7 Å². The van der Waals surface area contributed by atoms with Gasteiger partial charge < -0.3 is 39.0 Å². The second-order valence-electron chi connectivity index (χ2n) is 17.4. The molecule has 0 bridgehead atoms. The number of hydrogen-bond donors (Lipinski definition) is 3. The van der Waals surface area contributed by atoms with Crippen LogP contribution in [0.5, 0.6) is 0 Å². The maximum Gasteiger partial charge on any atom is 0.335 e. The summed E-state index contributed by atoms with van der Waals surface area (Å²) in [4.78, 5) is 50.8. The van der Waals surface area contributed by atoms with E-state index in [0.29, 0.717) is 19.3 Å². The van der Waals surface area contributed by atoms with Crippen LogP contribution in [-0.2, 0) is 42.9 Å². The van der Waals surface area contributed by atoms with Crippen LogP contribution in [0, 0.1) is 0 Å². The van der Waals surface area contributed by atoms with E-state index in [1.165, 1.54) is 0 Å². The highest BCUT2D eigenvalue weighted by Gasteiger charge is 2.50. The lowest BCUT2D eigenvalue weighted by atomic mass is 9.98. The van der Waals surface area contributed by atoms with Gasteiger partial charge in [0.05, 0.1) is 19.4 Å². The first-order valence-corrected chi connectivity index (χ1v) is 26.8. The Morgan fingerprint density at radius 3 is 1.38 bits per heavy atom. The Kier molecular flexibility index (Phi) is 42.8. The van der Waals surface area contributed by atoms with E-state index in [-0.39, 0.29) is 19.3 Å². The molecule has 12 nitrogen and oxygen atoms in total. The highest BCUT2D eigenvalue weighted by Crippen LogP contribution is 2.26. The van der Waals surface area contributed by atoms with Gasteiger partial charge in [-0.05, 0) is 96.3 Å². The number of aliphatic hydroxyl groups excluding tert-OH is 2. The Hall–Kier alpha value is -5.40. The van der Waals surface area contributed by atoms with Gasteiger partial charge in [0.2, 0.25) is 0 Å². The number of aliphatic hydroxyl groups is 2. The average Bonchev–Trinajstić information content (AvgIpc) is 3.37. The summed E-state index contributed by atoms with van der Waals surface area (Å²) in [5.41, 5.74) is 0. The van der Waals surface area contributed by atoms with Crippen LogP contribution in [0.1, 0.15) is 162 Å². The lowest BCUT2D eigenvalue weighted by Gasteiger charge is -2.40. The number of rotatable bonds is 42. The van der Waals surface area contributed by atoms with Crippen molar-refractivity contribution in [3.63, 3.8) is 0 Å². The Morgan fingerprint density at radius 1 is 0.479 bits per heavy atom. The molecule has 3 N–H and O–H groups in total. The van der Waals surface area contributed by atoms with Crippen molar-refractivity contribution in [2.24, 2.45) is 0 Å². The second-order valence-corrected chi connectivity index (χ2v) is 17.4. The third-order valence-corrected chi connectivity index (χ3v) is 10.9. The van der Waals surface area contributed by atoms with Crippen LogP contribution in [0.4, 0.5) is 0 Å². The predicted molar refractivity (Wildman–Crippen MR) is 293 cm³/mol. The van der Waals surface area contributed by atoms with Crippen LogP contribution in [-0.4, -0.2) is 89.2 Å². The maximum absolute atomic E-state index is 13.1. The molecule has 0 saturated carbocycles. The van der Waals surface area contributed by atoms with Crippen molar-refractivity contribution in [1.82, 2.24) is 0 Å². The molecule has 1 heterocycles. The van der Waals surface area contributed by atoms with Crippen molar-refractivity contribution >= 4 is 23.9 Å². The van der Waals surface area contributed by atoms with E-state index < -0.39 is 73.9 Å². The van der Waals surface area contributed by atoms with Gasteiger partial charge in [-0.25, -0.2) is 4.79 Å². The van der Waals surface area contributed by atoms with Crippen molar-refractivity contribution in [2.45, 2.75) is 199 Å². The van der Waals surface area contributed by atoms with Gasteiger partial charge in [-0.1, -0.05) is 192 Å². The minimum Gasteiger partial charge on any atom is -0.479 e. The van der Waals surface area contributed by atoms with Crippen LogP contribution in [0.3, 0.4) is 0 Å². The van der Waals surface area contributed by atoms with E-state index in [1.807, 2.05) is 30.4 Å². The lowest BCUT2D eigenvalue weighted by molar-refractivity contribution is -0.301. The molecule has 6 atom stereocenters. The molecule has 12 heteroatoms. The number of carboxylic acids is 1. The van der Waals surface area contributed by atoms with E-state index in [2.05, 4.69) is 118 Å². The van der Waals surface area contributed by atoms with E-state index in [1.54, 1.807) is 18.2 Å². The van der Waals surface area contributed by atoms with Gasteiger partial charge in [0.25, 0.3) is 0 Å². The minimum atomic E-state index is -1.96. The molecule has 1 aliphatic heterocycles. The molecule has 406 valence electrons. The summed E-state index contributed by atoms with van der Waals surface area (Å²) in [7, 11) is 0. The Morgan fingerprint density at radius 2 is 0.904 bits per heavy atom. The summed E-state index contributed by atoms with van der Waals surface area (Å²) in [6, 6.07) is 0. The highest BCUT2D eigenvalue weighted by atomic mass is 16.7. The van der Waals surface area contributed by atoms with E-state index in [9.17, 15) is 34.5 Å². The number of hydrogen-bond acceptors (Lipinski definition) is 11. The smallest absolute Gasteiger partial charge is 0.335 e. The Bertz CT molecular complexity index is 1830. The van der Waals surface area contributed by atoms with Gasteiger partial charge in [-0.3, -0.25) is 14.4 Å². The standard InChI is InChI=1S/C61H90O12/c1-4-7-10-13-16-19-22-25-27-30-32-35-38-41-44-47-53(62)69-50-52(71-54(63)48-45-42-39-36-33-29-24-21-18-15-12-9-6-3)51-70-61-59(57(66)56(65)58(73-61)60(67)68)72-55(64)49-46-43-40-37-34-31-28-26-23-20-17-14-11-8-5-2/h7-8,10-12,15-17,19-21,24-28,32,34-35,37,41,43-44,46,52,56-59,61,65-66H,4-6,9,13-14,18,22-23,29-31,33,36,38-40,42,45,47-51H2,1-3H3,(H,67,68)/b10-7-,11-8-,15-12-,19-16-,20-17-,24-21-,27-25-,28-26-,35-32-,37-34-,44-41-,46-43-. The summed E-state index contributed by atoms with van der Waals surface area (Å²) >= 11 is 0. The molecule has 0 aromatic carbocycles. The number of carbonyl (C=O) groups excluding carboxylic acids is 3. The van der Waals surface area contributed by atoms with Crippen molar-refractivity contribution in [1.29, 1.82) is 0 Å². The molecule has 0 aliphatic carbocycles. The number of carbonyl (C=O) groups is 4. The number of ether oxygens (including phenoxy) is 5. The van der Waals surface area contributed by atoms with E-state index in [0.717, 1.165) is 103 Å². The molecule has 1 fully saturated rings. The van der Waals surface area contributed by atoms with E-state index >= 15 is 0 Å². The van der Waals surface area contributed by atoms with Crippen LogP contribution in [0.25, 0.3) is 0 Å². The molecule has 6 unspecified atom stereocenters. The summed E-state index contributed by atoms with van der Waals surface area (Å²) in [5.74, 6) is -3.50. The molecule has 0 aromatic heterocycles. The van der Waals surface area contributed by atoms with Gasteiger partial charge in [0.1, 0.15) is 18.8 Å². The fourth-order valence-corrected chi connectivity index (χ4v) is 6.90. The number of unbranched alkanes of at least 4 members (excludes halogenated alkanes) is 6. The summed E-state index contributed by atoms with van der Waals surface area (Å²) in [6.07, 6.45) is 56.0. The third kappa shape index (κ3) is 37.9.